The Labute approximate surface area is 118 Å². The Bertz CT molecular complexity index is 257. The van der Waals surface area contributed by atoms with Gasteiger partial charge in [0.05, 0.1) is 12.7 Å². The molecule has 1 aliphatic heterocycles. The number of hydrogen-bond donors (Lipinski definition) is 1. The molecule has 0 aromatic rings. The van der Waals surface area contributed by atoms with Gasteiger partial charge in [0, 0.05) is 25.1 Å². The van der Waals surface area contributed by atoms with Gasteiger partial charge in [-0.1, -0.05) is 20.3 Å². The lowest BCUT2D eigenvalue weighted by Gasteiger charge is -2.31. The Hall–Kier alpha value is -0.120. The van der Waals surface area contributed by atoms with E-state index >= 15 is 0 Å². The van der Waals surface area contributed by atoms with Crippen LogP contribution < -0.4 is 0 Å². The van der Waals surface area contributed by atoms with Crippen LogP contribution in [-0.4, -0.2) is 48.5 Å². The van der Waals surface area contributed by atoms with Crippen molar-refractivity contribution in [2.45, 2.75) is 64.5 Å². The van der Waals surface area contributed by atoms with E-state index in [4.69, 9.17) is 4.74 Å². The van der Waals surface area contributed by atoms with Gasteiger partial charge in [-0.25, -0.2) is 0 Å². The Morgan fingerprint density at radius 1 is 1.16 bits per heavy atom. The van der Waals surface area contributed by atoms with Gasteiger partial charge in [0.15, 0.2) is 0 Å². The summed E-state index contributed by atoms with van der Waals surface area (Å²) in [5, 5.41) is 10.1. The van der Waals surface area contributed by atoms with Gasteiger partial charge in [-0.05, 0) is 44.6 Å². The van der Waals surface area contributed by atoms with Gasteiger partial charge in [0.2, 0.25) is 0 Å². The maximum absolute atomic E-state index is 10.1. The van der Waals surface area contributed by atoms with Crippen LogP contribution >= 0.6 is 0 Å². The number of aliphatic hydroxyl groups excluding tert-OH is 1. The van der Waals surface area contributed by atoms with Gasteiger partial charge in [-0.2, -0.15) is 0 Å². The molecule has 0 radical (unpaired) electrons. The maximum atomic E-state index is 10.1. The molecule has 1 saturated heterocycles. The zero-order chi connectivity index (χ0) is 13.7. The van der Waals surface area contributed by atoms with Gasteiger partial charge in [-0.15, -0.1) is 0 Å². The second kappa shape index (κ2) is 7.61. The second-order valence-electron chi connectivity index (χ2n) is 6.70. The van der Waals surface area contributed by atoms with Crippen LogP contribution in [0.15, 0.2) is 0 Å². The molecule has 2 fully saturated rings. The Morgan fingerprint density at radius 2 is 2.00 bits per heavy atom. The van der Waals surface area contributed by atoms with Crippen molar-refractivity contribution in [3.63, 3.8) is 0 Å². The topological polar surface area (TPSA) is 32.7 Å². The molecule has 1 aliphatic carbocycles. The molecule has 3 atom stereocenters. The highest BCUT2D eigenvalue weighted by atomic mass is 16.5. The predicted octanol–water partition coefficient (Wildman–Crippen LogP) is 2.67. The first kappa shape index (κ1) is 15.3. The highest BCUT2D eigenvalue weighted by Gasteiger charge is 2.37. The van der Waals surface area contributed by atoms with E-state index in [-0.39, 0.29) is 6.10 Å². The minimum Gasteiger partial charge on any atom is -0.393 e. The maximum Gasteiger partial charge on any atom is 0.0593 e. The second-order valence-corrected chi connectivity index (χ2v) is 6.70. The molecule has 0 amide bonds. The summed E-state index contributed by atoms with van der Waals surface area (Å²) in [6.45, 7) is 8.46. The number of hydrogen-bond acceptors (Lipinski definition) is 3. The third kappa shape index (κ3) is 4.44. The summed E-state index contributed by atoms with van der Waals surface area (Å²) in [6.07, 6.45) is 7.11. The van der Waals surface area contributed by atoms with E-state index in [2.05, 4.69) is 18.7 Å². The van der Waals surface area contributed by atoms with Crippen molar-refractivity contribution < 1.29 is 9.84 Å². The first-order valence-electron chi connectivity index (χ1n) is 8.18. The molecule has 112 valence electrons. The number of aliphatic hydroxyl groups is 1. The molecule has 1 N–H and O–H groups in total. The summed E-state index contributed by atoms with van der Waals surface area (Å²) >= 11 is 0. The molecule has 3 unspecified atom stereocenters. The molecule has 2 aliphatic rings. The molecule has 3 heteroatoms. The van der Waals surface area contributed by atoms with Crippen molar-refractivity contribution in [1.29, 1.82) is 0 Å². The van der Waals surface area contributed by atoms with E-state index < -0.39 is 0 Å². The highest BCUT2D eigenvalue weighted by molar-refractivity contribution is 4.91. The Balaban J connectivity index is 1.67. The third-order valence-electron chi connectivity index (χ3n) is 4.80. The molecule has 2 rings (SSSR count). The van der Waals surface area contributed by atoms with Crippen molar-refractivity contribution in [3.8, 4) is 0 Å². The van der Waals surface area contributed by atoms with Crippen molar-refractivity contribution in [3.05, 3.63) is 0 Å². The van der Waals surface area contributed by atoms with E-state index in [1.807, 2.05) is 0 Å². The summed E-state index contributed by atoms with van der Waals surface area (Å²) in [4.78, 5) is 2.56. The van der Waals surface area contributed by atoms with Crippen molar-refractivity contribution in [2.24, 2.45) is 11.8 Å². The fourth-order valence-corrected chi connectivity index (χ4v) is 3.64. The van der Waals surface area contributed by atoms with Crippen LogP contribution in [0.1, 0.15) is 52.4 Å². The zero-order valence-corrected chi connectivity index (χ0v) is 12.7. The van der Waals surface area contributed by atoms with E-state index in [0.717, 1.165) is 38.5 Å². The summed E-state index contributed by atoms with van der Waals surface area (Å²) < 4.78 is 5.74. The van der Waals surface area contributed by atoms with E-state index in [0.29, 0.717) is 12.0 Å². The largest absolute Gasteiger partial charge is 0.393 e. The van der Waals surface area contributed by atoms with Gasteiger partial charge in [-0.3, -0.25) is 4.90 Å². The molecule has 3 nitrogen and oxygen atoms in total. The summed E-state index contributed by atoms with van der Waals surface area (Å²) in [7, 11) is 0. The normalized spacial score (nSPS) is 32.5. The summed E-state index contributed by atoms with van der Waals surface area (Å²) in [5.74, 6) is 1.26. The smallest absolute Gasteiger partial charge is 0.0593 e. The summed E-state index contributed by atoms with van der Waals surface area (Å²) in [6, 6.07) is 0.617. The molecule has 19 heavy (non-hydrogen) atoms. The fourth-order valence-electron chi connectivity index (χ4n) is 3.64. The van der Waals surface area contributed by atoms with E-state index in [1.54, 1.807) is 0 Å². The SMILES string of the molecule is CC(C)CCOCCN1CCCC1C1CCCC1O. The van der Waals surface area contributed by atoms with Crippen molar-refractivity contribution in [1.82, 2.24) is 4.90 Å². The third-order valence-corrected chi connectivity index (χ3v) is 4.80. The molecule has 0 bridgehead atoms. The zero-order valence-electron chi connectivity index (χ0n) is 12.7. The van der Waals surface area contributed by atoms with Crippen LogP contribution in [0.2, 0.25) is 0 Å². The minimum atomic E-state index is -0.0486. The molecular weight excluding hydrogens is 238 g/mol. The van der Waals surface area contributed by atoms with E-state index in [1.165, 1.54) is 32.2 Å². The predicted molar refractivity (Wildman–Crippen MR) is 78.2 cm³/mol. The van der Waals surface area contributed by atoms with Crippen LogP contribution in [0.5, 0.6) is 0 Å². The monoisotopic (exact) mass is 269 g/mol. The lowest BCUT2D eigenvalue weighted by atomic mass is 9.94. The molecule has 1 saturated carbocycles. The quantitative estimate of drug-likeness (QED) is 0.721. The number of ether oxygens (including phenoxy) is 1. The first-order valence-corrected chi connectivity index (χ1v) is 8.18. The van der Waals surface area contributed by atoms with Gasteiger partial charge in [0.25, 0.3) is 0 Å². The first-order chi connectivity index (χ1) is 9.18. The molecule has 1 heterocycles. The summed E-state index contributed by atoms with van der Waals surface area (Å²) in [5.41, 5.74) is 0. The lowest BCUT2D eigenvalue weighted by molar-refractivity contribution is 0.0505. The molecular formula is C16H31NO2. The Morgan fingerprint density at radius 3 is 2.68 bits per heavy atom. The number of likely N-dealkylation sites (tertiary alicyclic amines) is 1. The van der Waals surface area contributed by atoms with Crippen molar-refractivity contribution in [2.75, 3.05) is 26.3 Å². The molecule has 0 spiro atoms. The van der Waals surface area contributed by atoms with Gasteiger partial charge >= 0.3 is 0 Å². The van der Waals surface area contributed by atoms with Crippen molar-refractivity contribution >= 4 is 0 Å². The standard InChI is InChI=1S/C16H31NO2/c1-13(2)8-11-19-12-10-17-9-4-6-15(17)14-5-3-7-16(14)18/h13-16,18H,3-12H2,1-2H3. The average molecular weight is 269 g/mol. The molecule has 0 aromatic carbocycles. The highest BCUT2D eigenvalue weighted by Crippen LogP contribution is 2.35. The number of rotatable bonds is 7. The number of nitrogens with zero attached hydrogens (tertiary/aromatic N) is 1. The van der Waals surface area contributed by atoms with Crippen LogP contribution in [0.25, 0.3) is 0 Å². The van der Waals surface area contributed by atoms with Gasteiger partial charge in [0.1, 0.15) is 0 Å². The van der Waals surface area contributed by atoms with Crippen LogP contribution in [0.3, 0.4) is 0 Å². The van der Waals surface area contributed by atoms with E-state index in [9.17, 15) is 5.11 Å². The van der Waals surface area contributed by atoms with Gasteiger partial charge < -0.3 is 9.84 Å². The van der Waals surface area contributed by atoms with Crippen LogP contribution in [-0.2, 0) is 4.74 Å². The van der Waals surface area contributed by atoms with Crippen LogP contribution in [0, 0.1) is 11.8 Å². The average Bonchev–Trinajstić information content (AvgIpc) is 2.96. The lowest BCUT2D eigenvalue weighted by Crippen LogP contribution is -2.40. The fraction of sp³-hybridized carbons (Fsp3) is 1.00. The Kier molecular flexibility index (Phi) is 6.11. The minimum absolute atomic E-state index is 0.0486. The molecule has 0 aromatic heterocycles. The van der Waals surface area contributed by atoms with Crippen LogP contribution in [0.4, 0.5) is 0 Å².